The lowest BCUT2D eigenvalue weighted by atomic mass is 10.2. The van der Waals surface area contributed by atoms with E-state index in [1.807, 2.05) is 12.1 Å². The van der Waals surface area contributed by atoms with Crippen molar-refractivity contribution >= 4 is 84.1 Å². The summed E-state index contributed by atoms with van der Waals surface area (Å²) in [7, 11) is 0. The average Bonchev–Trinajstić information content (AvgIpc) is 2.79. The van der Waals surface area contributed by atoms with Gasteiger partial charge in [-0.25, -0.2) is 0 Å². The summed E-state index contributed by atoms with van der Waals surface area (Å²) in [6.07, 6.45) is 1.51. The maximum atomic E-state index is 12.2. The predicted molar refractivity (Wildman–Crippen MR) is 98.4 cm³/mol. The molecule has 1 amide bonds. The minimum absolute atomic E-state index is 0.0303. The van der Waals surface area contributed by atoms with Gasteiger partial charge < -0.3 is 5.32 Å². The molecule has 0 spiro atoms. The molecule has 1 aromatic carbocycles. The van der Waals surface area contributed by atoms with E-state index in [9.17, 15) is 10.1 Å². The third kappa shape index (κ3) is 4.12. The number of nitrogens with zero attached hydrogens (tertiary/aromatic N) is 1. The topological polar surface area (TPSA) is 52.9 Å². The fourth-order valence-electron chi connectivity index (χ4n) is 1.52. The van der Waals surface area contributed by atoms with Gasteiger partial charge in [0, 0.05) is 9.35 Å². The molecular formula is C14H6Br2Cl2N2OS. The lowest BCUT2D eigenvalue weighted by Crippen LogP contribution is -2.13. The first-order chi connectivity index (χ1) is 10.4. The second kappa shape index (κ2) is 7.62. The molecule has 0 saturated heterocycles. The zero-order valence-corrected chi connectivity index (χ0v) is 16.2. The van der Waals surface area contributed by atoms with Crippen LogP contribution in [0.5, 0.6) is 0 Å². The largest absolute Gasteiger partial charge is 0.320 e. The minimum atomic E-state index is -0.549. The quantitative estimate of drug-likeness (QED) is 0.424. The van der Waals surface area contributed by atoms with Crippen LogP contribution >= 0.6 is 66.4 Å². The van der Waals surface area contributed by atoms with Gasteiger partial charge in [0.1, 0.15) is 11.6 Å². The van der Waals surface area contributed by atoms with Crippen LogP contribution in [0.2, 0.25) is 10.0 Å². The third-order valence-electron chi connectivity index (χ3n) is 2.52. The van der Waals surface area contributed by atoms with Crippen molar-refractivity contribution < 1.29 is 4.79 Å². The summed E-state index contributed by atoms with van der Waals surface area (Å²) in [6.45, 7) is 0. The SMILES string of the molecule is N#CC(=Cc1cc(Br)c(Br)s1)C(=O)Nc1cccc(Cl)c1Cl. The lowest BCUT2D eigenvalue weighted by Gasteiger charge is -2.07. The van der Waals surface area contributed by atoms with E-state index >= 15 is 0 Å². The number of carbonyl (C=O) groups excluding carboxylic acids is 1. The lowest BCUT2D eigenvalue weighted by molar-refractivity contribution is -0.112. The van der Waals surface area contributed by atoms with Gasteiger partial charge in [-0.3, -0.25) is 4.79 Å². The molecule has 0 bridgehead atoms. The number of nitrogens with one attached hydrogen (secondary N) is 1. The van der Waals surface area contributed by atoms with Crippen LogP contribution in [-0.2, 0) is 4.79 Å². The number of amides is 1. The fraction of sp³-hybridized carbons (Fsp3) is 0. The van der Waals surface area contributed by atoms with Crippen molar-refractivity contribution in [2.45, 2.75) is 0 Å². The normalized spacial score (nSPS) is 11.1. The Bertz CT molecular complexity index is 792. The maximum Gasteiger partial charge on any atom is 0.266 e. The van der Waals surface area contributed by atoms with Crippen LogP contribution in [0.3, 0.4) is 0 Å². The van der Waals surface area contributed by atoms with E-state index in [1.54, 1.807) is 18.2 Å². The number of halogens is 4. The molecule has 0 atom stereocenters. The summed E-state index contributed by atoms with van der Waals surface area (Å²) in [5.74, 6) is -0.549. The Morgan fingerprint density at radius 3 is 2.68 bits per heavy atom. The molecule has 0 aliphatic rings. The predicted octanol–water partition coefficient (Wildman–Crippen LogP) is 6.13. The first-order valence-corrected chi connectivity index (χ1v) is 8.90. The zero-order valence-electron chi connectivity index (χ0n) is 10.7. The molecule has 0 aliphatic heterocycles. The Morgan fingerprint density at radius 2 is 2.09 bits per heavy atom. The second-order valence-corrected chi connectivity index (χ2v) is 8.04. The van der Waals surface area contributed by atoms with Crippen LogP contribution in [0, 0.1) is 11.3 Å². The van der Waals surface area contributed by atoms with Gasteiger partial charge in [-0.15, -0.1) is 11.3 Å². The second-order valence-electron chi connectivity index (χ2n) is 4.00. The van der Waals surface area contributed by atoms with Crippen molar-refractivity contribution in [3.63, 3.8) is 0 Å². The number of anilines is 1. The number of benzene rings is 1. The molecule has 0 unspecified atom stereocenters. The molecule has 1 N–H and O–H groups in total. The smallest absolute Gasteiger partial charge is 0.266 e. The van der Waals surface area contributed by atoms with Gasteiger partial charge in [0.25, 0.3) is 5.91 Å². The van der Waals surface area contributed by atoms with Gasteiger partial charge in [-0.2, -0.15) is 5.26 Å². The zero-order chi connectivity index (χ0) is 16.3. The first-order valence-electron chi connectivity index (χ1n) is 5.74. The number of thiophene rings is 1. The summed E-state index contributed by atoms with van der Waals surface area (Å²) in [5, 5.41) is 12.3. The Kier molecular flexibility index (Phi) is 6.07. The van der Waals surface area contributed by atoms with Crippen LogP contribution in [-0.4, -0.2) is 5.91 Å². The summed E-state index contributed by atoms with van der Waals surface area (Å²) in [5.41, 5.74) is 0.325. The van der Waals surface area contributed by atoms with E-state index in [0.29, 0.717) is 10.7 Å². The van der Waals surface area contributed by atoms with Crippen molar-refractivity contribution in [2.24, 2.45) is 0 Å². The number of nitriles is 1. The summed E-state index contributed by atoms with van der Waals surface area (Å²) in [6, 6.07) is 8.58. The molecule has 112 valence electrons. The third-order valence-corrected chi connectivity index (χ3v) is 6.54. The highest BCUT2D eigenvalue weighted by Gasteiger charge is 2.13. The van der Waals surface area contributed by atoms with E-state index in [2.05, 4.69) is 37.2 Å². The number of hydrogen-bond acceptors (Lipinski definition) is 3. The van der Waals surface area contributed by atoms with Crippen LogP contribution in [0.25, 0.3) is 6.08 Å². The van der Waals surface area contributed by atoms with Crippen LogP contribution in [0.15, 0.2) is 38.1 Å². The average molecular weight is 481 g/mol. The molecule has 0 aliphatic carbocycles. The van der Waals surface area contributed by atoms with Gasteiger partial charge in [-0.1, -0.05) is 29.3 Å². The van der Waals surface area contributed by atoms with Gasteiger partial charge in [0.15, 0.2) is 0 Å². The highest BCUT2D eigenvalue weighted by atomic mass is 79.9. The van der Waals surface area contributed by atoms with Crippen molar-refractivity contribution in [3.05, 3.63) is 53.0 Å². The van der Waals surface area contributed by atoms with Crippen molar-refractivity contribution in [2.75, 3.05) is 5.32 Å². The van der Waals surface area contributed by atoms with E-state index in [1.165, 1.54) is 17.4 Å². The number of hydrogen-bond donors (Lipinski definition) is 1. The molecule has 2 rings (SSSR count). The van der Waals surface area contributed by atoms with E-state index in [-0.39, 0.29) is 10.6 Å². The van der Waals surface area contributed by atoms with E-state index in [0.717, 1.165) is 13.1 Å². The standard InChI is InChI=1S/C14H6Br2Cl2N2OS/c15-9-5-8(22-13(9)16)4-7(6-19)14(21)20-11-3-1-2-10(17)12(11)18/h1-5H,(H,20,21). The molecule has 8 heteroatoms. The Balaban J connectivity index is 2.26. The minimum Gasteiger partial charge on any atom is -0.320 e. The summed E-state index contributed by atoms with van der Waals surface area (Å²) < 4.78 is 1.74. The molecular weight excluding hydrogens is 475 g/mol. The van der Waals surface area contributed by atoms with E-state index < -0.39 is 5.91 Å². The van der Waals surface area contributed by atoms with Crippen molar-refractivity contribution in [1.82, 2.24) is 0 Å². The molecule has 2 aromatic rings. The van der Waals surface area contributed by atoms with Crippen LogP contribution in [0.4, 0.5) is 5.69 Å². The van der Waals surface area contributed by atoms with Crippen molar-refractivity contribution in [3.8, 4) is 6.07 Å². The highest BCUT2D eigenvalue weighted by Crippen LogP contribution is 2.34. The van der Waals surface area contributed by atoms with E-state index in [4.69, 9.17) is 23.2 Å². The molecule has 0 radical (unpaired) electrons. The Morgan fingerprint density at radius 1 is 1.36 bits per heavy atom. The molecule has 3 nitrogen and oxygen atoms in total. The Labute approximate surface area is 157 Å². The molecule has 1 heterocycles. The highest BCUT2D eigenvalue weighted by molar-refractivity contribution is 9.13. The Hall–Kier alpha value is -0.840. The van der Waals surface area contributed by atoms with Gasteiger partial charge in [-0.05, 0) is 56.1 Å². The van der Waals surface area contributed by atoms with Gasteiger partial charge in [0.2, 0.25) is 0 Å². The monoisotopic (exact) mass is 478 g/mol. The summed E-state index contributed by atoms with van der Waals surface area (Å²) in [4.78, 5) is 12.9. The number of carbonyl (C=O) groups is 1. The molecule has 22 heavy (non-hydrogen) atoms. The first kappa shape index (κ1) is 17.5. The maximum absolute atomic E-state index is 12.2. The molecule has 0 fully saturated rings. The van der Waals surface area contributed by atoms with Gasteiger partial charge >= 0.3 is 0 Å². The fourth-order valence-corrected chi connectivity index (χ4v) is 3.90. The number of rotatable bonds is 3. The van der Waals surface area contributed by atoms with Crippen molar-refractivity contribution in [1.29, 1.82) is 5.26 Å². The van der Waals surface area contributed by atoms with Crippen LogP contribution < -0.4 is 5.32 Å². The summed E-state index contributed by atoms with van der Waals surface area (Å²) >= 11 is 20.0. The molecule has 0 saturated carbocycles. The molecule has 1 aromatic heterocycles. The van der Waals surface area contributed by atoms with Gasteiger partial charge in [0.05, 0.1) is 19.5 Å². The van der Waals surface area contributed by atoms with Crippen LogP contribution in [0.1, 0.15) is 4.88 Å².